The van der Waals surface area contributed by atoms with E-state index in [2.05, 4.69) is 4.98 Å². The van der Waals surface area contributed by atoms with Crippen molar-refractivity contribution in [3.8, 4) is 5.75 Å². The number of carbonyl (C=O) groups excluding carboxylic acids is 1. The molecule has 2 aromatic rings. The molecule has 1 saturated carbocycles. The fraction of sp³-hybridized carbons (Fsp3) is 0.524. The van der Waals surface area contributed by atoms with Gasteiger partial charge in [0.1, 0.15) is 12.0 Å². The van der Waals surface area contributed by atoms with Crippen LogP contribution >= 0.6 is 0 Å². The molecule has 1 saturated heterocycles. The number of piperidine rings is 1. The summed E-state index contributed by atoms with van der Waals surface area (Å²) in [6, 6.07) is 3.72. The summed E-state index contributed by atoms with van der Waals surface area (Å²) in [6.07, 6.45) is 2.01. The predicted molar refractivity (Wildman–Crippen MR) is 107 cm³/mol. The van der Waals surface area contributed by atoms with Gasteiger partial charge in [-0.3, -0.25) is 4.79 Å². The molecule has 168 valence electrons. The van der Waals surface area contributed by atoms with Gasteiger partial charge in [0.15, 0.2) is 21.8 Å². The molecule has 2 aliphatic rings. The first kappa shape index (κ1) is 21.7. The molecule has 2 fully saturated rings. The average molecular weight is 454 g/mol. The molecule has 1 aromatic heterocycles. The van der Waals surface area contributed by atoms with Crippen molar-refractivity contribution in [2.45, 2.75) is 49.5 Å². The van der Waals surface area contributed by atoms with Gasteiger partial charge >= 0.3 is 0 Å². The Kier molecular flexibility index (Phi) is 4.92. The van der Waals surface area contributed by atoms with Gasteiger partial charge in [-0.2, -0.15) is 0 Å². The molecule has 0 spiro atoms. The van der Waals surface area contributed by atoms with Crippen molar-refractivity contribution in [2.24, 2.45) is 5.92 Å². The summed E-state index contributed by atoms with van der Waals surface area (Å²) >= 11 is 0. The maximum absolute atomic E-state index is 13.7. The zero-order valence-corrected chi connectivity index (χ0v) is 18.5. The minimum absolute atomic E-state index is 0.0493. The Hall–Kier alpha value is -2.49. The molecule has 0 N–H and O–H groups in total. The van der Waals surface area contributed by atoms with E-state index in [4.69, 9.17) is 9.15 Å². The first-order chi connectivity index (χ1) is 14.3. The van der Waals surface area contributed by atoms with E-state index in [1.807, 2.05) is 0 Å². The molecular formula is C21H24F2N2O5S. The molecule has 1 aromatic carbocycles. The number of likely N-dealkylation sites (tertiary alicyclic amines) is 1. The van der Waals surface area contributed by atoms with Gasteiger partial charge in [0, 0.05) is 38.6 Å². The Balaban J connectivity index is 1.65. The van der Waals surface area contributed by atoms with Crippen LogP contribution in [-0.2, 0) is 15.3 Å². The highest BCUT2D eigenvalue weighted by atomic mass is 32.2. The van der Waals surface area contributed by atoms with Crippen LogP contribution in [0.3, 0.4) is 0 Å². The van der Waals surface area contributed by atoms with Crippen molar-refractivity contribution in [3.05, 3.63) is 41.6 Å². The van der Waals surface area contributed by atoms with Gasteiger partial charge in [0.2, 0.25) is 0 Å². The first-order valence-electron chi connectivity index (χ1n) is 9.92. The van der Waals surface area contributed by atoms with Gasteiger partial charge in [-0.05, 0) is 37.5 Å². The lowest BCUT2D eigenvalue weighted by molar-refractivity contribution is -0.0720. The fourth-order valence-corrected chi connectivity index (χ4v) is 4.75. The molecule has 0 radical (unpaired) electrons. The van der Waals surface area contributed by atoms with Crippen LogP contribution in [0.5, 0.6) is 5.75 Å². The van der Waals surface area contributed by atoms with E-state index >= 15 is 0 Å². The number of oxazole rings is 1. The maximum Gasteiger partial charge on any atom is 0.281 e. The molecule has 1 aliphatic heterocycles. The number of halogens is 2. The Labute approximate surface area is 179 Å². The quantitative estimate of drug-likeness (QED) is 0.666. The standard InChI is InChI=1S/C21H24F2N2O5S/c1-12(20(3,22)23)30-17-6-5-15(31(4,27)28)7-16(17)19(26)25-9-14-8-21(14,11-25)18-10-29-13(2)24-18/h5-7,10,12,14H,8-9,11H2,1-4H3. The highest BCUT2D eigenvalue weighted by molar-refractivity contribution is 7.90. The van der Waals surface area contributed by atoms with Crippen molar-refractivity contribution in [3.63, 3.8) is 0 Å². The summed E-state index contributed by atoms with van der Waals surface area (Å²) in [5.41, 5.74) is 0.477. The number of carbonyl (C=O) groups is 1. The SMILES string of the molecule is Cc1nc(C23CC2CN(C(=O)c2cc(S(C)(=O)=O)ccc2OC(C)C(C)(F)F)C3)co1. The van der Waals surface area contributed by atoms with E-state index in [9.17, 15) is 22.0 Å². The Morgan fingerprint density at radius 1 is 1.42 bits per heavy atom. The third-order valence-electron chi connectivity index (χ3n) is 6.19. The number of sulfone groups is 1. The van der Waals surface area contributed by atoms with Crippen molar-refractivity contribution in [1.29, 1.82) is 0 Å². The number of alkyl halides is 2. The highest BCUT2D eigenvalue weighted by Gasteiger charge is 2.63. The summed E-state index contributed by atoms with van der Waals surface area (Å²) < 4.78 is 62.1. The molecule has 1 aliphatic carbocycles. The fourth-order valence-electron chi connectivity index (χ4n) is 4.10. The van der Waals surface area contributed by atoms with Crippen LogP contribution in [-0.4, -0.2) is 55.6 Å². The van der Waals surface area contributed by atoms with Crippen LogP contribution in [0.15, 0.2) is 33.8 Å². The van der Waals surface area contributed by atoms with Gasteiger partial charge in [0.05, 0.1) is 16.2 Å². The van der Waals surface area contributed by atoms with Gasteiger partial charge in [-0.15, -0.1) is 0 Å². The van der Waals surface area contributed by atoms with Crippen LogP contribution < -0.4 is 4.74 Å². The summed E-state index contributed by atoms with van der Waals surface area (Å²) in [5.74, 6) is -2.90. The Bertz CT molecular complexity index is 1140. The molecular weight excluding hydrogens is 430 g/mol. The number of hydrogen-bond acceptors (Lipinski definition) is 6. The molecule has 2 heterocycles. The largest absolute Gasteiger partial charge is 0.484 e. The topological polar surface area (TPSA) is 89.7 Å². The molecule has 3 unspecified atom stereocenters. The van der Waals surface area contributed by atoms with E-state index in [0.29, 0.717) is 19.0 Å². The molecule has 0 bridgehead atoms. The number of aromatic nitrogens is 1. The van der Waals surface area contributed by atoms with Crippen molar-refractivity contribution in [2.75, 3.05) is 19.3 Å². The molecule has 1 amide bonds. The molecule has 7 nitrogen and oxygen atoms in total. The lowest BCUT2D eigenvalue weighted by atomic mass is 10.0. The molecule has 3 atom stereocenters. The zero-order valence-electron chi connectivity index (χ0n) is 17.7. The van der Waals surface area contributed by atoms with Crippen molar-refractivity contribution >= 4 is 15.7 Å². The minimum Gasteiger partial charge on any atom is -0.484 e. The number of rotatable bonds is 6. The number of amides is 1. The second-order valence-corrected chi connectivity index (χ2v) is 10.7. The van der Waals surface area contributed by atoms with Crippen LogP contribution in [0.25, 0.3) is 0 Å². The highest BCUT2D eigenvalue weighted by Crippen LogP contribution is 2.58. The van der Waals surface area contributed by atoms with Crippen molar-refractivity contribution < 1.29 is 31.1 Å². The molecule has 31 heavy (non-hydrogen) atoms. The number of hydrogen-bond donors (Lipinski definition) is 0. The Morgan fingerprint density at radius 2 is 2.13 bits per heavy atom. The second kappa shape index (κ2) is 7.01. The number of ether oxygens (including phenoxy) is 1. The normalized spacial score (nSPS) is 24.1. The van der Waals surface area contributed by atoms with Gasteiger partial charge in [0.25, 0.3) is 11.8 Å². The van der Waals surface area contributed by atoms with Crippen LogP contribution in [0.2, 0.25) is 0 Å². The van der Waals surface area contributed by atoms with E-state index in [1.54, 1.807) is 18.1 Å². The Morgan fingerprint density at radius 3 is 2.71 bits per heavy atom. The van der Waals surface area contributed by atoms with Gasteiger partial charge < -0.3 is 14.1 Å². The third-order valence-corrected chi connectivity index (χ3v) is 7.30. The number of aryl methyl sites for hydroxylation is 1. The average Bonchev–Trinajstić information content (AvgIpc) is 2.99. The monoisotopic (exact) mass is 454 g/mol. The molecule has 10 heteroatoms. The van der Waals surface area contributed by atoms with Crippen LogP contribution in [0, 0.1) is 12.8 Å². The minimum atomic E-state index is -3.61. The summed E-state index contributed by atoms with van der Waals surface area (Å²) in [6.45, 7) is 4.53. The van der Waals surface area contributed by atoms with Gasteiger partial charge in [-0.1, -0.05) is 0 Å². The van der Waals surface area contributed by atoms with E-state index in [1.165, 1.54) is 25.1 Å². The summed E-state index contributed by atoms with van der Waals surface area (Å²) in [4.78, 5) is 19.3. The van der Waals surface area contributed by atoms with Gasteiger partial charge in [-0.25, -0.2) is 22.2 Å². The maximum atomic E-state index is 13.7. The van der Waals surface area contributed by atoms with E-state index in [0.717, 1.165) is 25.3 Å². The first-order valence-corrected chi connectivity index (χ1v) is 11.8. The number of benzene rings is 1. The van der Waals surface area contributed by atoms with E-state index in [-0.39, 0.29) is 27.5 Å². The number of fused-ring (bicyclic) bond motifs is 1. The second-order valence-electron chi connectivity index (χ2n) is 8.64. The predicted octanol–water partition coefficient (Wildman–Crippen LogP) is 3.22. The lowest BCUT2D eigenvalue weighted by Crippen LogP contribution is -2.35. The van der Waals surface area contributed by atoms with Crippen LogP contribution in [0.4, 0.5) is 8.78 Å². The number of nitrogens with zero attached hydrogens (tertiary/aromatic N) is 2. The third kappa shape index (κ3) is 3.93. The smallest absolute Gasteiger partial charge is 0.281 e. The van der Waals surface area contributed by atoms with Crippen LogP contribution in [0.1, 0.15) is 42.2 Å². The zero-order chi connectivity index (χ0) is 22.8. The molecule has 4 rings (SSSR count). The van der Waals surface area contributed by atoms with Crippen molar-refractivity contribution in [1.82, 2.24) is 9.88 Å². The summed E-state index contributed by atoms with van der Waals surface area (Å²) in [7, 11) is -3.61. The van der Waals surface area contributed by atoms with E-state index < -0.39 is 27.8 Å². The lowest BCUT2D eigenvalue weighted by Gasteiger charge is -2.25. The summed E-state index contributed by atoms with van der Waals surface area (Å²) in [5, 5.41) is 0.